The molecule has 1 aromatic carbocycles. The highest BCUT2D eigenvalue weighted by atomic mass is 32.2. The van der Waals surface area contributed by atoms with Gasteiger partial charge in [-0.2, -0.15) is 0 Å². The van der Waals surface area contributed by atoms with E-state index >= 15 is 0 Å². The molecule has 2 heterocycles. The average molecular weight is 338 g/mol. The van der Waals surface area contributed by atoms with Gasteiger partial charge in [0.05, 0.1) is 11.9 Å². The maximum Gasteiger partial charge on any atom is 0.208 e. The quantitative estimate of drug-likeness (QED) is 0.882. The van der Waals surface area contributed by atoms with Gasteiger partial charge >= 0.3 is 0 Å². The van der Waals surface area contributed by atoms with Crippen LogP contribution in [0.1, 0.15) is 24.8 Å². The van der Waals surface area contributed by atoms with Crippen LogP contribution in [0.15, 0.2) is 30.3 Å². The number of nitrogens with one attached hydrogen (secondary N) is 1. The third-order valence-corrected chi connectivity index (χ3v) is 5.59. The molecule has 0 amide bonds. The van der Waals surface area contributed by atoms with Gasteiger partial charge in [-0.25, -0.2) is 13.1 Å². The van der Waals surface area contributed by atoms with E-state index in [2.05, 4.69) is 33.9 Å². The summed E-state index contributed by atoms with van der Waals surface area (Å²) in [6, 6.07) is 10.5. The number of rotatable bonds is 5. The minimum absolute atomic E-state index is 0.00724. The second-order valence-corrected chi connectivity index (χ2v) is 8.65. The molecule has 128 valence electrons. The Morgan fingerprint density at radius 2 is 2.13 bits per heavy atom. The number of hydrogen-bond acceptors (Lipinski definition) is 4. The maximum absolute atomic E-state index is 11.5. The third kappa shape index (κ3) is 4.76. The molecule has 2 aliphatic heterocycles. The summed E-state index contributed by atoms with van der Waals surface area (Å²) in [7, 11) is -3.15. The minimum Gasteiger partial charge on any atom is -0.373 e. The first-order valence-corrected chi connectivity index (χ1v) is 10.2. The molecule has 1 N–H and O–H groups in total. The van der Waals surface area contributed by atoms with Crippen molar-refractivity contribution in [3.05, 3.63) is 35.9 Å². The zero-order chi connectivity index (χ0) is 16.3. The lowest BCUT2D eigenvalue weighted by Crippen LogP contribution is -2.49. The average Bonchev–Trinajstić information content (AvgIpc) is 2.87. The first-order valence-electron chi connectivity index (χ1n) is 8.32. The molecule has 2 fully saturated rings. The van der Waals surface area contributed by atoms with Crippen molar-refractivity contribution in [1.82, 2.24) is 9.62 Å². The van der Waals surface area contributed by atoms with Gasteiger partial charge in [-0.05, 0) is 31.2 Å². The van der Waals surface area contributed by atoms with Crippen LogP contribution in [0.2, 0.25) is 0 Å². The normalized spacial score (nSPS) is 29.2. The number of ether oxygens (including phenoxy) is 1. The second-order valence-electron chi connectivity index (χ2n) is 6.87. The summed E-state index contributed by atoms with van der Waals surface area (Å²) in [5, 5.41) is 0. The Morgan fingerprint density at radius 1 is 1.35 bits per heavy atom. The molecular weight excluding hydrogens is 312 g/mol. The van der Waals surface area contributed by atoms with Crippen molar-refractivity contribution in [3.63, 3.8) is 0 Å². The van der Waals surface area contributed by atoms with Gasteiger partial charge in [0.25, 0.3) is 0 Å². The molecular formula is C17H26N2O3S. The summed E-state index contributed by atoms with van der Waals surface area (Å²) in [6.45, 7) is 3.60. The molecule has 2 saturated heterocycles. The van der Waals surface area contributed by atoms with Gasteiger partial charge < -0.3 is 9.64 Å². The van der Waals surface area contributed by atoms with Crippen LogP contribution in [-0.4, -0.2) is 57.5 Å². The molecule has 2 atom stereocenters. The predicted octanol–water partition coefficient (Wildman–Crippen LogP) is 1.40. The molecule has 0 aromatic heterocycles. The Hall–Kier alpha value is -0.950. The SMILES string of the molecule is CS(=O)(=O)N[C@@H]1CCO[C@]2(CCN(CCc3ccccc3)C2)C1. The Kier molecular flexibility index (Phi) is 5.06. The summed E-state index contributed by atoms with van der Waals surface area (Å²) >= 11 is 0. The largest absolute Gasteiger partial charge is 0.373 e. The third-order valence-electron chi connectivity index (χ3n) is 4.83. The van der Waals surface area contributed by atoms with Crippen LogP contribution in [0.4, 0.5) is 0 Å². The first-order chi connectivity index (χ1) is 10.9. The molecule has 1 spiro atoms. The number of likely N-dealkylation sites (tertiary alicyclic amines) is 1. The van der Waals surface area contributed by atoms with Crippen LogP contribution < -0.4 is 4.72 Å². The van der Waals surface area contributed by atoms with Gasteiger partial charge in [-0.1, -0.05) is 30.3 Å². The minimum atomic E-state index is -3.15. The molecule has 0 bridgehead atoms. The van der Waals surface area contributed by atoms with Crippen LogP contribution >= 0.6 is 0 Å². The van der Waals surface area contributed by atoms with Gasteiger partial charge in [-0.15, -0.1) is 0 Å². The Morgan fingerprint density at radius 3 is 2.87 bits per heavy atom. The van der Waals surface area contributed by atoms with Crippen LogP contribution in [0.3, 0.4) is 0 Å². The smallest absolute Gasteiger partial charge is 0.208 e. The molecule has 0 aliphatic carbocycles. The van der Waals surface area contributed by atoms with Crippen molar-refractivity contribution in [2.24, 2.45) is 0 Å². The van der Waals surface area contributed by atoms with Gasteiger partial charge in [0.15, 0.2) is 0 Å². The number of benzene rings is 1. The Balaban J connectivity index is 1.53. The molecule has 23 heavy (non-hydrogen) atoms. The lowest BCUT2D eigenvalue weighted by atomic mass is 9.90. The fraction of sp³-hybridized carbons (Fsp3) is 0.647. The van der Waals surface area contributed by atoms with Crippen molar-refractivity contribution in [3.8, 4) is 0 Å². The van der Waals surface area contributed by atoms with E-state index in [1.165, 1.54) is 11.8 Å². The van der Waals surface area contributed by atoms with Gasteiger partial charge in [0.2, 0.25) is 10.0 Å². The van der Waals surface area contributed by atoms with E-state index in [4.69, 9.17) is 4.74 Å². The number of hydrogen-bond donors (Lipinski definition) is 1. The van der Waals surface area contributed by atoms with Crippen molar-refractivity contribution in [2.45, 2.75) is 37.3 Å². The van der Waals surface area contributed by atoms with Gasteiger partial charge in [0.1, 0.15) is 0 Å². The van der Waals surface area contributed by atoms with Crippen molar-refractivity contribution >= 4 is 10.0 Å². The molecule has 0 unspecified atom stereocenters. The topological polar surface area (TPSA) is 58.6 Å². The van der Waals surface area contributed by atoms with E-state index < -0.39 is 10.0 Å². The summed E-state index contributed by atoms with van der Waals surface area (Å²) < 4.78 is 31.8. The van der Waals surface area contributed by atoms with Crippen LogP contribution in [0.5, 0.6) is 0 Å². The summed E-state index contributed by atoms with van der Waals surface area (Å²) in [5.74, 6) is 0. The van der Waals surface area contributed by atoms with Crippen LogP contribution in [0, 0.1) is 0 Å². The highest BCUT2D eigenvalue weighted by Gasteiger charge is 2.43. The van der Waals surface area contributed by atoms with E-state index in [-0.39, 0.29) is 11.6 Å². The van der Waals surface area contributed by atoms with Gasteiger partial charge in [0, 0.05) is 32.3 Å². The monoisotopic (exact) mass is 338 g/mol. The highest BCUT2D eigenvalue weighted by Crippen LogP contribution is 2.34. The molecule has 3 rings (SSSR count). The van der Waals surface area contributed by atoms with E-state index in [9.17, 15) is 8.42 Å². The van der Waals surface area contributed by atoms with Crippen molar-refractivity contribution in [1.29, 1.82) is 0 Å². The van der Waals surface area contributed by atoms with Crippen LogP contribution in [0.25, 0.3) is 0 Å². The molecule has 2 aliphatic rings. The van der Waals surface area contributed by atoms with Crippen molar-refractivity contribution in [2.75, 3.05) is 32.5 Å². The fourth-order valence-electron chi connectivity index (χ4n) is 3.77. The molecule has 0 saturated carbocycles. The molecule has 5 nitrogen and oxygen atoms in total. The first kappa shape index (κ1) is 16.9. The standard InChI is InChI=1S/C17H26N2O3S/c1-23(20,21)18-16-8-12-22-17(13-16)9-11-19(14-17)10-7-15-5-3-2-4-6-15/h2-6,16,18H,7-14H2,1H3/t16-,17-/m1/s1. The summed E-state index contributed by atoms with van der Waals surface area (Å²) in [5.41, 5.74) is 1.19. The predicted molar refractivity (Wildman–Crippen MR) is 90.9 cm³/mol. The maximum atomic E-state index is 11.5. The van der Waals surface area contributed by atoms with Crippen LogP contribution in [-0.2, 0) is 21.2 Å². The lowest BCUT2D eigenvalue weighted by Gasteiger charge is -2.38. The zero-order valence-electron chi connectivity index (χ0n) is 13.7. The summed E-state index contributed by atoms with van der Waals surface area (Å²) in [6.07, 6.45) is 4.81. The molecule has 0 radical (unpaired) electrons. The number of sulfonamides is 1. The number of nitrogens with zero attached hydrogens (tertiary/aromatic N) is 1. The van der Waals surface area contributed by atoms with E-state index in [0.717, 1.165) is 45.3 Å². The highest BCUT2D eigenvalue weighted by molar-refractivity contribution is 7.88. The van der Waals surface area contributed by atoms with E-state index in [1.807, 2.05) is 6.07 Å². The fourth-order valence-corrected chi connectivity index (χ4v) is 4.57. The summed E-state index contributed by atoms with van der Waals surface area (Å²) in [4.78, 5) is 2.44. The Labute approximate surface area is 139 Å². The zero-order valence-corrected chi connectivity index (χ0v) is 14.5. The van der Waals surface area contributed by atoms with E-state index in [1.54, 1.807) is 0 Å². The van der Waals surface area contributed by atoms with Gasteiger partial charge in [-0.3, -0.25) is 0 Å². The second kappa shape index (κ2) is 6.89. The van der Waals surface area contributed by atoms with Crippen molar-refractivity contribution < 1.29 is 13.2 Å². The van der Waals surface area contributed by atoms with E-state index in [0.29, 0.717) is 6.61 Å². The molecule has 6 heteroatoms. The Bertz CT molecular complexity index is 620. The molecule has 1 aromatic rings. The lowest BCUT2D eigenvalue weighted by molar-refractivity contribution is -0.0775.